The van der Waals surface area contributed by atoms with Crippen LogP contribution < -0.4 is 10.9 Å². The third-order valence-corrected chi connectivity index (χ3v) is 1.80. The average molecular weight is 174 g/mol. The molecule has 0 aliphatic heterocycles. The number of aromatic nitrogens is 2. The molecule has 4 heteroatoms. The molecule has 1 aromatic carbocycles. The molecule has 2 aromatic rings. The van der Waals surface area contributed by atoms with Gasteiger partial charge in [-0.15, -0.1) is 0 Å². The van der Waals surface area contributed by atoms with E-state index in [9.17, 15) is 0 Å². The Balaban J connectivity index is 2.62. The zero-order chi connectivity index (χ0) is 9.26. The van der Waals surface area contributed by atoms with Gasteiger partial charge in [0.1, 0.15) is 0 Å². The van der Waals surface area contributed by atoms with Gasteiger partial charge in [-0.25, -0.2) is 10.8 Å². The number of nitrogens with zero attached hydrogens (tertiary/aromatic N) is 3. The van der Waals surface area contributed by atoms with Crippen LogP contribution in [0.5, 0.6) is 0 Å². The second-order valence-corrected chi connectivity index (χ2v) is 2.83. The van der Waals surface area contributed by atoms with Crippen molar-refractivity contribution >= 4 is 16.9 Å². The van der Waals surface area contributed by atoms with Crippen molar-refractivity contribution in [3.63, 3.8) is 0 Å². The van der Waals surface area contributed by atoms with Gasteiger partial charge in [0.25, 0.3) is 0 Å². The van der Waals surface area contributed by atoms with Crippen molar-refractivity contribution in [1.82, 2.24) is 9.97 Å². The minimum Gasteiger partial charge on any atom is -0.297 e. The van der Waals surface area contributed by atoms with Gasteiger partial charge in [0.05, 0.1) is 17.2 Å². The Morgan fingerprint density at radius 3 is 2.62 bits per heavy atom. The van der Waals surface area contributed by atoms with Crippen LogP contribution in [0.4, 0.5) is 5.82 Å². The first-order valence-electron chi connectivity index (χ1n) is 3.97. The number of anilines is 1. The monoisotopic (exact) mass is 174 g/mol. The molecule has 1 heterocycles. The maximum Gasteiger partial charge on any atom is 0.161 e. The van der Waals surface area contributed by atoms with Crippen LogP contribution >= 0.6 is 0 Å². The second-order valence-electron chi connectivity index (χ2n) is 2.83. The highest BCUT2D eigenvalue weighted by Crippen LogP contribution is 2.11. The van der Waals surface area contributed by atoms with Crippen LogP contribution in [-0.2, 0) is 0 Å². The lowest BCUT2D eigenvalue weighted by Gasteiger charge is -2.09. The maximum atomic E-state index is 5.54. The molecule has 2 N–H and O–H groups in total. The zero-order valence-corrected chi connectivity index (χ0v) is 7.31. The molecule has 0 radical (unpaired) electrons. The number of nitrogens with two attached hydrogens (primary N) is 1. The summed E-state index contributed by atoms with van der Waals surface area (Å²) in [5.41, 5.74) is 1.74. The molecule has 2 rings (SSSR count). The second kappa shape index (κ2) is 2.99. The van der Waals surface area contributed by atoms with Crippen molar-refractivity contribution in [2.24, 2.45) is 5.84 Å². The van der Waals surface area contributed by atoms with Gasteiger partial charge < -0.3 is 0 Å². The Kier molecular flexibility index (Phi) is 1.83. The predicted octanol–water partition coefficient (Wildman–Crippen LogP) is 0.940. The summed E-state index contributed by atoms with van der Waals surface area (Å²) in [7, 11) is 1.73. The largest absolute Gasteiger partial charge is 0.297 e. The molecule has 0 saturated heterocycles. The summed E-state index contributed by atoms with van der Waals surface area (Å²) in [6, 6.07) is 7.69. The van der Waals surface area contributed by atoms with E-state index in [-0.39, 0.29) is 0 Å². The molecule has 0 aliphatic rings. The van der Waals surface area contributed by atoms with Crippen LogP contribution in [0.2, 0.25) is 0 Å². The van der Waals surface area contributed by atoms with E-state index in [1.165, 1.54) is 5.01 Å². The fourth-order valence-electron chi connectivity index (χ4n) is 1.12. The molecular formula is C9H10N4. The fourth-order valence-corrected chi connectivity index (χ4v) is 1.12. The standard InChI is InChI=1S/C9H10N4/c1-13(10)9-6-11-7-4-2-3-5-8(7)12-9/h2-6H,10H2,1H3. The SMILES string of the molecule is CN(N)c1cnc2ccccc2n1. The summed E-state index contributed by atoms with van der Waals surface area (Å²) in [5, 5.41) is 1.44. The number of rotatable bonds is 1. The van der Waals surface area contributed by atoms with E-state index in [1.54, 1.807) is 13.2 Å². The Labute approximate surface area is 76.0 Å². The van der Waals surface area contributed by atoms with Gasteiger partial charge in [-0.3, -0.25) is 9.99 Å². The summed E-state index contributed by atoms with van der Waals surface area (Å²) in [6.45, 7) is 0. The highest BCUT2D eigenvalue weighted by molar-refractivity contribution is 5.75. The number of para-hydroxylation sites is 2. The van der Waals surface area contributed by atoms with Gasteiger partial charge in [-0.05, 0) is 12.1 Å². The molecule has 13 heavy (non-hydrogen) atoms. The van der Waals surface area contributed by atoms with Crippen molar-refractivity contribution in [2.45, 2.75) is 0 Å². The molecule has 0 bridgehead atoms. The van der Waals surface area contributed by atoms with Crippen LogP contribution in [0.3, 0.4) is 0 Å². The molecule has 66 valence electrons. The molecule has 0 fully saturated rings. The summed E-state index contributed by atoms with van der Waals surface area (Å²) in [5.74, 6) is 6.20. The van der Waals surface area contributed by atoms with Crippen LogP contribution in [0.15, 0.2) is 30.5 Å². The van der Waals surface area contributed by atoms with Crippen molar-refractivity contribution in [2.75, 3.05) is 12.1 Å². The first kappa shape index (κ1) is 7.94. The van der Waals surface area contributed by atoms with E-state index >= 15 is 0 Å². The number of fused-ring (bicyclic) bond motifs is 1. The lowest BCUT2D eigenvalue weighted by molar-refractivity contribution is 0.976. The Morgan fingerprint density at radius 1 is 1.23 bits per heavy atom. The molecule has 0 amide bonds. The van der Waals surface area contributed by atoms with Crippen molar-refractivity contribution < 1.29 is 0 Å². The number of benzene rings is 1. The van der Waals surface area contributed by atoms with Crippen LogP contribution in [0.1, 0.15) is 0 Å². The molecule has 0 atom stereocenters. The maximum absolute atomic E-state index is 5.54. The molecule has 0 unspecified atom stereocenters. The van der Waals surface area contributed by atoms with E-state index in [0.29, 0.717) is 5.82 Å². The minimum absolute atomic E-state index is 0.665. The lowest BCUT2D eigenvalue weighted by atomic mass is 10.3. The summed E-state index contributed by atoms with van der Waals surface area (Å²) >= 11 is 0. The number of hydrogen-bond acceptors (Lipinski definition) is 4. The molecular weight excluding hydrogens is 164 g/mol. The van der Waals surface area contributed by atoms with Gasteiger partial charge in [0, 0.05) is 7.05 Å². The Bertz CT molecular complexity index is 425. The van der Waals surface area contributed by atoms with E-state index in [2.05, 4.69) is 9.97 Å². The Hall–Kier alpha value is -1.68. The first-order chi connectivity index (χ1) is 6.27. The smallest absolute Gasteiger partial charge is 0.161 e. The van der Waals surface area contributed by atoms with Gasteiger partial charge in [-0.1, -0.05) is 12.1 Å². The van der Waals surface area contributed by atoms with Crippen molar-refractivity contribution in [3.8, 4) is 0 Å². The summed E-state index contributed by atoms with van der Waals surface area (Å²) < 4.78 is 0. The number of hydrogen-bond donors (Lipinski definition) is 1. The Morgan fingerprint density at radius 2 is 1.92 bits per heavy atom. The van der Waals surface area contributed by atoms with E-state index < -0.39 is 0 Å². The van der Waals surface area contributed by atoms with Crippen LogP contribution in [0.25, 0.3) is 11.0 Å². The predicted molar refractivity (Wildman–Crippen MR) is 52.1 cm³/mol. The summed E-state index contributed by atoms with van der Waals surface area (Å²) in [6.07, 6.45) is 1.66. The van der Waals surface area contributed by atoms with Gasteiger partial charge in [0.2, 0.25) is 0 Å². The highest BCUT2D eigenvalue weighted by Gasteiger charge is 1.99. The van der Waals surface area contributed by atoms with Crippen LogP contribution in [0, 0.1) is 0 Å². The number of hydrazine groups is 1. The third-order valence-electron chi connectivity index (χ3n) is 1.80. The zero-order valence-electron chi connectivity index (χ0n) is 7.31. The van der Waals surface area contributed by atoms with Crippen LogP contribution in [-0.4, -0.2) is 17.0 Å². The molecule has 0 saturated carbocycles. The lowest BCUT2D eigenvalue weighted by Crippen LogP contribution is -2.26. The third kappa shape index (κ3) is 1.43. The van der Waals surface area contributed by atoms with E-state index in [4.69, 9.17) is 5.84 Å². The van der Waals surface area contributed by atoms with Crippen molar-refractivity contribution in [3.05, 3.63) is 30.5 Å². The molecule has 4 nitrogen and oxygen atoms in total. The van der Waals surface area contributed by atoms with Gasteiger partial charge >= 0.3 is 0 Å². The first-order valence-corrected chi connectivity index (χ1v) is 3.97. The molecule has 1 aromatic heterocycles. The quantitative estimate of drug-likeness (QED) is 0.516. The summed E-state index contributed by atoms with van der Waals surface area (Å²) in [4.78, 5) is 8.53. The van der Waals surface area contributed by atoms with Gasteiger partial charge in [0.15, 0.2) is 5.82 Å². The molecule has 0 spiro atoms. The van der Waals surface area contributed by atoms with Crippen molar-refractivity contribution in [1.29, 1.82) is 0 Å². The minimum atomic E-state index is 0.665. The highest BCUT2D eigenvalue weighted by atomic mass is 15.4. The topological polar surface area (TPSA) is 55.0 Å². The fraction of sp³-hybridized carbons (Fsp3) is 0.111. The van der Waals surface area contributed by atoms with E-state index in [0.717, 1.165) is 11.0 Å². The van der Waals surface area contributed by atoms with Gasteiger partial charge in [-0.2, -0.15) is 0 Å². The molecule has 0 aliphatic carbocycles. The average Bonchev–Trinajstić information content (AvgIpc) is 2.17. The van der Waals surface area contributed by atoms with E-state index in [1.807, 2.05) is 24.3 Å². The normalized spacial score (nSPS) is 10.3.